The number of nitrogens with two attached hydrogens (primary N) is 1. The lowest BCUT2D eigenvalue weighted by Crippen LogP contribution is -2.51. The van der Waals surface area contributed by atoms with Crippen LogP contribution in [0.15, 0.2) is 24.3 Å². The van der Waals surface area contributed by atoms with E-state index in [0.717, 1.165) is 18.4 Å². The van der Waals surface area contributed by atoms with E-state index in [1.807, 2.05) is 24.8 Å². The second-order valence-corrected chi connectivity index (χ2v) is 5.86. The van der Waals surface area contributed by atoms with Crippen molar-refractivity contribution in [3.63, 3.8) is 0 Å². The third-order valence-electron chi connectivity index (χ3n) is 4.77. The summed E-state index contributed by atoms with van der Waals surface area (Å²) in [6.07, 6.45) is 1.17. The Bertz CT molecular complexity index is 509. The van der Waals surface area contributed by atoms with Gasteiger partial charge in [-0.1, -0.05) is 26.0 Å². The van der Waals surface area contributed by atoms with Crippen LogP contribution in [0.3, 0.4) is 0 Å². The van der Waals surface area contributed by atoms with Gasteiger partial charge in [-0.15, -0.1) is 0 Å². The van der Waals surface area contributed by atoms with Crippen LogP contribution in [0.2, 0.25) is 0 Å². The topological polar surface area (TPSA) is 55.6 Å². The van der Waals surface area contributed by atoms with E-state index in [9.17, 15) is 9.18 Å². The summed E-state index contributed by atoms with van der Waals surface area (Å²) in [5.74, 6) is -0.201. The molecule has 0 radical (unpaired) electrons. The summed E-state index contributed by atoms with van der Waals surface area (Å²) in [6, 6.07) is 6.37. The van der Waals surface area contributed by atoms with Gasteiger partial charge in [0.1, 0.15) is 11.9 Å². The van der Waals surface area contributed by atoms with Crippen LogP contribution in [0.25, 0.3) is 0 Å². The number of morpholine rings is 1. The monoisotopic (exact) mass is 308 g/mol. The molecule has 1 unspecified atom stereocenters. The van der Waals surface area contributed by atoms with Crippen LogP contribution in [-0.4, -0.2) is 37.0 Å². The predicted octanol–water partition coefficient (Wildman–Crippen LogP) is 2.49. The minimum atomic E-state index is -0.496. The summed E-state index contributed by atoms with van der Waals surface area (Å²) in [5, 5.41) is 0. The first-order chi connectivity index (χ1) is 10.6. The molecule has 2 rings (SSSR count). The summed E-state index contributed by atoms with van der Waals surface area (Å²) in [7, 11) is 0. The van der Waals surface area contributed by atoms with E-state index in [0.29, 0.717) is 26.2 Å². The number of amides is 1. The van der Waals surface area contributed by atoms with Crippen LogP contribution in [0.5, 0.6) is 0 Å². The smallest absolute Gasteiger partial charge is 0.230 e. The molecular weight excluding hydrogens is 283 g/mol. The van der Waals surface area contributed by atoms with Gasteiger partial charge in [0, 0.05) is 13.1 Å². The third-order valence-corrected chi connectivity index (χ3v) is 4.77. The minimum Gasteiger partial charge on any atom is -0.370 e. The Balaban J connectivity index is 2.15. The molecule has 1 aliphatic heterocycles. The number of benzene rings is 1. The number of carbonyl (C=O) groups excluding carboxylic acids is 1. The van der Waals surface area contributed by atoms with E-state index in [2.05, 4.69) is 0 Å². The summed E-state index contributed by atoms with van der Waals surface area (Å²) in [6.45, 7) is 5.82. The molecule has 1 fully saturated rings. The number of ether oxygens (including phenoxy) is 1. The minimum absolute atomic E-state index is 0.0877. The van der Waals surface area contributed by atoms with Crippen LogP contribution in [0.4, 0.5) is 4.39 Å². The molecular formula is C17H25FN2O2. The number of carbonyl (C=O) groups is 1. The lowest BCUT2D eigenvalue weighted by atomic mass is 9.80. The Labute approximate surface area is 131 Å². The predicted molar refractivity (Wildman–Crippen MR) is 83.7 cm³/mol. The molecule has 2 N–H and O–H groups in total. The number of hydrogen-bond acceptors (Lipinski definition) is 3. The van der Waals surface area contributed by atoms with Gasteiger partial charge in [0.2, 0.25) is 5.91 Å². The van der Waals surface area contributed by atoms with Crippen molar-refractivity contribution in [2.45, 2.75) is 32.8 Å². The molecule has 0 saturated carbocycles. The van der Waals surface area contributed by atoms with E-state index in [1.165, 1.54) is 12.1 Å². The first-order valence-electron chi connectivity index (χ1n) is 7.92. The Morgan fingerprint density at radius 3 is 2.77 bits per heavy atom. The quantitative estimate of drug-likeness (QED) is 0.909. The Morgan fingerprint density at radius 2 is 2.18 bits per heavy atom. The van der Waals surface area contributed by atoms with Crippen molar-refractivity contribution in [3.8, 4) is 0 Å². The SMILES string of the molecule is CCC(CC)(CN)C(=O)N1CCOC(c2cccc(F)c2)C1. The van der Waals surface area contributed by atoms with E-state index in [1.54, 1.807) is 6.07 Å². The maximum absolute atomic E-state index is 13.4. The fourth-order valence-corrected chi connectivity index (χ4v) is 3.01. The fraction of sp³-hybridized carbons (Fsp3) is 0.588. The molecule has 0 aromatic heterocycles. The summed E-state index contributed by atoms with van der Waals surface area (Å²) in [5.41, 5.74) is 6.14. The molecule has 1 aromatic rings. The van der Waals surface area contributed by atoms with Gasteiger partial charge >= 0.3 is 0 Å². The Morgan fingerprint density at radius 1 is 1.45 bits per heavy atom. The van der Waals surface area contributed by atoms with Crippen LogP contribution >= 0.6 is 0 Å². The molecule has 22 heavy (non-hydrogen) atoms. The standard InChI is InChI=1S/C17H25FN2O2/c1-3-17(4-2,12-19)16(21)20-8-9-22-15(11-20)13-6-5-7-14(18)10-13/h5-7,10,15H,3-4,8-9,11-12,19H2,1-2H3. The van der Waals surface area contributed by atoms with Crippen molar-refractivity contribution in [2.24, 2.45) is 11.1 Å². The van der Waals surface area contributed by atoms with Crippen LogP contribution < -0.4 is 5.73 Å². The third kappa shape index (κ3) is 3.31. The van der Waals surface area contributed by atoms with Gasteiger partial charge < -0.3 is 15.4 Å². The summed E-state index contributed by atoms with van der Waals surface area (Å²) >= 11 is 0. The molecule has 0 bridgehead atoms. The normalized spacial score (nSPS) is 19.3. The van der Waals surface area contributed by atoms with Crippen molar-refractivity contribution in [3.05, 3.63) is 35.6 Å². The second kappa shape index (κ2) is 7.20. The average molecular weight is 308 g/mol. The largest absolute Gasteiger partial charge is 0.370 e. The Kier molecular flexibility index (Phi) is 5.53. The zero-order valence-electron chi connectivity index (χ0n) is 13.3. The molecule has 122 valence electrons. The zero-order chi connectivity index (χ0) is 16.2. The molecule has 1 aliphatic rings. The molecule has 4 nitrogen and oxygen atoms in total. The number of rotatable bonds is 5. The molecule has 5 heteroatoms. The van der Waals surface area contributed by atoms with Gasteiger partial charge in [0.25, 0.3) is 0 Å². The highest BCUT2D eigenvalue weighted by Gasteiger charge is 2.38. The van der Waals surface area contributed by atoms with Crippen molar-refractivity contribution >= 4 is 5.91 Å². The fourth-order valence-electron chi connectivity index (χ4n) is 3.01. The van der Waals surface area contributed by atoms with Gasteiger partial charge in [0.15, 0.2) is 0 Å². The van der Waals surface area contributed by atoms with Crippen molar-refractivity contribution in [1.82, 2.24) is 4.90 Å². The maximum atomic E-state index is 13.4. The first kappa shape index (κ1) is 16.9. The second-order valence-electron chi connectivity index (χ2n) is 5.86. The number of nitrogens with zero attached hydrogens (tertiary/aromatic N) is 1. The molecule has 1 amide bonds. The average Bonchev–Trinajstić information content (AvgIpc) is 2.57. The molecule has 1 heterocycles. The molecule has 0 spiro atoms. The van der Waals surface area contributed by atoms with Gasteiger partial charge in [-0.2, -0.15) is 0 Å². The van der Waals surface area contributed by atoms with Crippen LogP contribution in [-0.2, 0) is 9.53 Å². The molecule has 1 saturated heterocycles. The van der Waals surface area contributed by atoms with E-state index in [4.69, 9.17) is 10.5 Å². The highest BCUT2D eigenvalue weighted by atomic mass is 19.1. The van der Waals surface area contributed by atoms with Crippen molar-refractivity contribution in [2.75, 3.05) is 26.2 Å². The molecule has 1 atom stereocenters. The maximum Gasteiger partial charge on any atom is 0.230 e. The van der Waals surface area contributed by atoms with Crippen LogP contribution in [0.1, 0.15) is 38.4 Å². The molecule has 0 aliphatic carbocycles. The van der Waals surface area contributed by atoms with E-state index >= 15 is 0 Å². The van der Waals surface area contributed by atoms with E-state index in [-0.39, 0.29) is 17.8 Å². The van der Waals surface area contributed by atoms with Crippen LogP contribution in [0, 0.1) is 11.2 Å². The Hall–Kier alpha value is -1.46. The van der Waals surface area contributed by atoms with Crippen molar-refractivity contribution in [1.29, 1.82) is 0 Å². The lowest BCUT2D eigenvalue weighted by Gasteiger charge is -2.39. The summed E-state index contributed by atoms with van der Waals surface area (Å²) < 4.78 is 19.1. The zero-order valence-corrected chi connectivity index (χ0v) is 13.3. The first-order valence-corrected chi connectivity index (χ1v) is 7.92. The molecule has 1 aromatic carbocycles. The van der Waals surface area contributed by atoms with Gasteiger partial charge in [-0.05, 0) is 30.5 Å². The summed E-state index contributed by atoms with van der Waals surface area (Å²) in [4.78, 5) is 14.7. The highest BCUT2D eigenvalue weighted by Crippen LogP contribution is 2.31. The van der Waals surface area contributed by atoms with E-state index < -0.39 is 5.41 Å². The number of hydrogen-bond donors (Lipinski definition) is 1. The number of halogens is 1. The van der Waals surface area contributed by atoms with Gasteiger partial charge in [-0.3, -0.25) is 4.79 Å². The lowest BCUT2D eigenvalue weighted by molar-refractivity contribution is -0.150. The van der Waals surface area contributed by atoms with Crippen molar-refractivity contribution < 1.29 is 13.9 Å². The highest BCUT2D eigenvalue weighted by molar-refractivity contribution is 5.83. The van der Waals surface area contributed by atoms with Gasteiger partial charge in [-0.25, -0.2) is 4.39 Å². The van der Waals surface area contributed by atoms with Gasteiger partial charge in [0.05, 0.1) is 18.6 Å².